The van der Waals surface area contributed by atoms with Crippen LogP contribution in [0.15, 0.2) is 24.3 Å². The van der Waals surface area contributed by atoms with Crippen molar-refractivity contribution < 1.29 is 0 Å². The van der Waals surface area contributed by atoms with E-state index in [9.17, 15) is 0 Å². The number of nitrogens with one attached hydrogen (secondary N) is 1. The molecule has 0 aliphatic heterocycles. The number of benzene rings is 1. The van der Waals surface area contributed by atoms with Gasteiger partial charge in [-0.25, -0.2) is 0 Å². The Morgan fingerprint density at radius 1 is 1.20 bits per heavy atom. The first-order valence-corrected chi connectivity index (χ1v) is 8.13. The first kappa shape index (κ1) is 17.2. The molecule has 1 unspecified atom stereocenters. The fourth-order valence-corrected chi connectivity index (χ4v) is 2.56. The molecule has 0 aliphatic rings. The SMILES string of the molecule is CCCNC(CC)CCCN(C)Cc1ccccc1C. The van der Waals surface area contributed by atoms with E-state index in [1.807, 2.05) is 0 Å². The first-order valence-electron chi connectivity index (χ1n) is 8.13. The largest absolute Gasteiger partial charge is 0.314 e. The van der Waals surface area contributed by atoms with E-state index in [0.29, 0.717) is 6.04 Å². The molecule has 0 aliphatic carbocycles. The van der Waals surface area contributed by atoms with Gasteiger partial charge in [0.25, 0.3) is 0 Å². The van der Waals surface area contributed by atoms with Crippen LogP contribution >= 0.6 is 0 Å². The van der Waals surface area contributed by atoms with Crippen molar-refractivity contribution in [2.45, 2.75) is 59.0 Å². The van der Waals surface area contributed by atoms with Crippen LogP contribution in [-0.2, 0) is 6.54 Å². The van der Waals surface area contributed by atoms with Crippen LogP contribution in [0.3, 0.4) is 0 Å². The van der Waals surface area contributed by atoms with Gasteiger partial charge in [-0.1, -0.05) is 38.1 Å². The Morgan fingerprint density at radius 3 is 2.60 bits per heavy atom. The average Bonchev–Trinajstić information content (AvgIpc) is 2.45. The predicted octanol–water partition coefficient (Wildman–Crippen LogP) is 3.99. The minimum atomic E-state index is 0.696. The Morgan fingerprint density at radius 2 is 1.95 bits per heavy atom. The number of hydrogen-bond acceptors (Lipinski definition) is 2. The monoisotopic (exact) mass is 276 g/mol. The minimum absolute atomic E-state index is 0.696. The van der Waals surface area contributed by atoms with Crippen molar-refractivity contribution >= 4 is 0 Å². The van der Waals surface area contributed by atoms with Crippen LogP contribution in [0.5, 0.6) is 0 Å². The van der Waals surface area contributed by atoms with Crippen LogP contribution in [0.4, 0.5) is 0 Å². The van der Waals surface area contributed by atoms with Crippen LogP contribution in [0.25, 0.3) is 0 Å². The summed E-state index contributed by atoms with van der Waals surface area (Å²) in [5, 5.41) is 3.63. The van der Waals surface area contributed by atoms with Crippen LogP contribution < -0.4 is 5.32 Å². The third-order valence-corrected chi connectivity index (χ3v) is 3.97. The van der Waals surface area contributed by atoms with Gasteiger partial charge in [0.1, 0.15) is 0 Å². The van der Waals surface area contributed by atoms with E-state index in [2.05, 4.69) is 62.3 Å². The molecule has 0 amide bonds. The van der Waals surface area contributed by atoms with Gasteiger partial charge in [0, 0.05) is 12.6 Å². The Labute approximate surface area is 125 Å². The second-order valence-electron chi connectivity index (χ2n) is 5.87. The molecule has 0 saturated heterocycles. The fourth-order valence-electron chi connectivity index (χ4n) is 2.56. The van der Waals surface area contributed by atoms with Gasteiger partial charge in [-0.05, 0) is 63.9 Å². The molecule has 114 valence electrons. The van der Waals surface area contributed by atoms with Crippen molar-refractivity contribution in [1.82, 2.24) is 10.2 Å². The van der Waals surface area contributed by atoms with Crippen LogP contribution in [0, 0.1) is 6.92 Å². The molecule has 1 rings (SSSR count). The van der Waals surface area contributed by atoms with Gasteiger partial charge in [-0.3, -0.25) is 0 Å². The van der Waals surface area contributed by atoms with Gasteiger partial charge in [0.15, 0.2) is 0 Å². The van der Waals surface area contributed by atoms with E-state index in [4.69, 9.17) is 0 Å². The van der Waals surface area contributed by atoms with E-state index in [0.717, 1.165) is 13.1 Å². The smallest absolute Gasteiger partial charge is 0.0233 e. The summed E-state index contributed by atoms with van der Waals surface area (Å²) in [6, 6.07) is 9.39. The lowest BCUT2D eigenvalue weighted by molar-refractivity contribution is 0.306. The van der Waals surface area contributed by atoms with Crippen LogP contribution in [0.2, 0.25) is 0 Å². The quantitative estimate of drug-likeness (QED) is 0.695. The van der Waals surface area contributed by atoms with Crippen molar-refractivity contribution in [3.63, 3.8) is 0 Å². The van der Waals surface area contributed by atoms with E-state index < -0.39 is 0 Å². The third-order valence-electron chi connectivity index (χ3n) is 3.97. The zero-order valence-electron chi connectivity index (χ0n) is 13.8. The van der Waals surface area contributed by atoms with Gasteiger partial charge in [0.05, 0.1) is 0 Å². The van der Waals surface area contributed by atoms with Crippen molar-refractivity contribution in [2.24, 2.45) is 0 Å². The highest BCUT2D eigenvalue weighted by atomic mass is 15.1. The molecule has 2 nitrogen and oxygen atoms in total. The maximum Gasteiger partial charge on any atom is 0.0233 e. The Kier molecular flexibility index (Phi) is 8.56. The molecule has 1 atom stereocenters. The molecule has 0 bridgehead atoms. The zero-order valence-corrected chi connectivity index (χ0v) is 13.8. The predicted molar refractivity (Wildman–Crippen MR) is 89.1 cm³/mol. The molecule has 1 N–H and O–H groups in total. The Bertz CT molecular complexity index is 362. The fraction of sp³-hybridized carbons (Fsp3) is 0.667. The van der Waals surface area contributed by atoms with E-state index in [1.165, 1.54) is 43.4 Å². The molecule has 0 heterocycles. The number of aryl methyl sites for hydroxylation is 1. The highest BCUT2D eigenvalue weighted by Crippen LogP contribution is 2.10. The van der Waals surface area contributed by atoms with Crippen molar-refractivity contribution in [1.29, 1.82) is 0 Å². The third kappa shape index (κ3) is 6.53. The topological polar surface area (TPSA) is 15.3 Å². The van der Waals surface area contributed by atoms with Crippen LogP contribution in [0.1, 0.15) is 50.7 Å². The molecule has 0 saturated carbocycles. The summed E-state index contributed by atoms with van der Waals surface area (Å²) >= 11 is 0. The molecule has 1 aromatic rings. The summed E-state index contributed by atoms with van der Waals surface area (Å²) in [4.78, 5) is 2.44. The van der Waals surface area contributed by atoms with Gasteiger partial charge >= 0.3 is 0 Å². The zero-order chi connectivity index (χ0) is 14.8. The van der Waals surface area contributed by atoms with Crippen molar-refractivity contribution in [3.05, 3.63) is 35.4 Å². The summed E-state index contributed by atoms with van der Waals surface area (Å²) in [7, 11) is 2.23. The van der Waals surface area contributed by atoms with E-state index in [-0.39, 0.29) is 0 Å². The Hall–Kier alpha value is -0.860. The van der Waals surface area contributed by atoms with Gasteiger partial charge in [0.2, 0.25) is 0 Å². The summed E-state index contributed by atoms with van der Waals surface area (Å²) in [5.74, 6) is 0. The van der Waals surface area contributed by atoms with Gasteiger partial charge in [-0.2, -0.15) is 0 Å². The normalized spacial score (nSPS) is 12.8. The standard InChI is InChI=1S/C18H32N2/c1-5-13-19-18(6-2)12-9-14-20(4)15-17-11-8-7-10-16(17)3/h7-8,10-11,18-19H,5-6,9,12-15H2,1-4H3. The molecule has 0 spiro atoms. The lowest BCUT2D eigenvalue weighted by atomic mass is 10.1. The molecular formula is C18H32N2. The second kappa shape index (κ2) is 9.95. The van der Waals surface area contributed by atoms with Gasteiger partial charge < -0.3 is 10.2 Å². The Balaban J connectivity index is 2.26. The van der Waals surface area contributed by atoms with E-state index in [1.54, 1.807) is 0 Å². The van der Waals surface area contributed by atoms with E-state index >= 15 is 0 Å². The molecule has 0 radical (unpaired) electrons. The maximum absolute atomic E-state index is 3.63. The molecule has 20 heavy (non-hydrogen) atoms. The minimum Gasteiger partial charge on any atom is -0.314 e. The molecular weight excluding hydrogens is 244 g/mol. The number of rotatable bonds is 10. The maximum atomic E-state index is 3.63. The summed E-state index contributed by atoms with van der Waals surface area (Å²) in [5.41, 5.74) is 2.85. The van der Waals surface area contributed by atoms with Gasteiger partial charge in [-0.15, -0.1) is 0 Å². The summed E-state index contributed by atoms with van der Waals surface area (Å²) < 4.78 is 0. The lowest BCUT2D eigenvalue weighted by Gasteiger charge is -2.21. The molecule has 2 heteroatoms. The van der Waals surface area contributed by atoms with Crippen molar-refractivity contribution in [3.8, 4) is 0 Å². The summed E-state index contributed by atoms with van der Waals surface area (Å²) in [6.45, 7) is 10.1. The number of nitrogens with zero attached hydrogens (tertiary/aromatic N) is 1. The van der Waals surface area contributed by atoms with Crippen molar-refractivity contribution in [2.75, 3.05) is 20.1 Å². The second-order valence-corrected chi connectivity index (χ2v) is 5.87. The molecule has 0 fully saturated rings. The lowest BCUT2D eigenvalue weighted by Crippen LogP contribution is -2.30. The average molecular weight is 276 g/mol. The first-order chi connectivity index (χ1) is 9.67. The molecule has 1 aromatic carbocycles. The molecule has 0 aromatic heterocycles. The highest BCUT2D eigenvalue weighted by molar-refractivity contribution is 5.25. The van der Waals surface area contributed by atoms with Crippen LogP contribution in [-0.4, -0.2) is 31.1 Å². The highest BCUT2D eigenvalue weighted by Gasteiger charge is 2.06. The number of hydrogen-bond donors (Lipinski definition) is 1. The summed E-state index contributed by atoms with van der Waals surface area (Å²) in [6.07, 6.45) is 5.03.